The van der Waals surface area contributed by atoms with Gasteiger partial charge < -0.3 is 0 Å². The molecule has 0 saturated carbocycles. The van der Waals surface area contributed by atoms with Crippen molar-refractivity contribution in [2.24, 2.45) is 10.9 Å². The number of nitrogens with zero attached hydrogens (tertiary/aromatic N) is 3. The zero-order valence-electron chi connectivity index (χ0n) is 8.51. The summed E-state index contributed by atoms with van der Waals surface area (Å²) in [7, 11) is 0. The van der Waals surface area contributed by atoms with E-state index in [0.29, 0.717) is 5.04 Å². The average Bonchev–Trinajstić information content (AvgIpc) is 2.32. The van der Waals surface area contributed by atoms with Gasteiger partial charge in [0.1, 0.15) is 5.04 Å². The lowest BCUT2D eigenvalue weighted by Crippen LogP contribution is -2.05. The van der Waals surface area contributed by atoms with E-state index in [1.165, 1.54) is 11.8 Å². The highest BCUT2D eigenvalue weighted by Crippen LogP contribution is 2.20. The molecule has 5 heteroatoms. The summed E-state index contributed by atoms with van der Waals surface area (Å²) in [6.07, 6.45) is 1.80. The minimum Gasteiger partial charge on any atom is -0.244 e. The van der Waals surface area contributed by atoms with Crippen LogP contribution in [0.5, 0.6) is 0 Å². The second-order valence-electron chi connectivity index (χ2n) is 2.82. The maximum atomic E-state index is 8.78. The van der Waals surface area contributed by atoms with Crippen LogP contribution in [0, 0.1) is 28.6 Å². The number of benzene rings is 1. The van der Waals surface area contributed by atoms with Crippen LogP contribution in [0.15, 0.2) is 33.7 Å². The molecule has 0 spiro atoms. The molecule has 0 saturated heterocycles. The van der Waals surface area contributed by atoms with Gasteiger partial charge in [-0.15, -0.1) is 11.8 Å². The molecule has 1 aromatic rings. The summed E-state index contributed by atoms with van der Waals surface area (Å²) in [6.45, 7) is 0. The van der Waals surface area contributed by atoms with E-state index in [2.05, 4.69) is 20.9 Å². The van der Waals surface area contributed by atoms with Crippen LogP contribution < -0.4 is 0 Å². The Labute approximate surface area is 107 Å². The molecular formula is C11H8BrN3S. The third kappa shape index (κ3) is 3.37. The van der Waals surface area contributed by atoms with Gasteiger partial charge in [-0.05, 0) is 30.5 Å². The van der Waals surface area contributed by atoms with Gasteiger partial charge in [-0.25, -0.2) is 4.99 Å². The fourth-order valence-electron chi connectivity index (χ4n) is 1.01. The van der Waals surface area contributed by atoms with Crippen molar-refractivity contribution >= 4 is 38.4 Å². The van der Waals surface area contributed by atoms with Crippen LogP contribution >= 0.6 is 27.7 Å². The molecule has 0 aromatic heterocycles. The molecule has 0 amide bonds. The van der Waals surface area contributed by atoms with Crippen LogP contribution in [-0.4, -0.2) is 11.3 Å². The topological polar surface area (TPSA) is 59.9 Å². The highest BCUT2D eigenvalue weighted by molar-refractivity contribution is 9.10. The molecule has 0 aliphatic heterocycles. The molecule has 0 heterocycles. The van der Waals surface area contributed by atoms with E-state index in [4.69, 9.17) is 10.5 Å². The SMILES string of the molecule is CSC(=Nc1ccc(Br)cc1)C(C#N)C#N. The van der Waals surface area contributed by atoms with E-state index >= 15 is 0 Å². The van der Waals surface area contributed by atoms with Crippen molar-refractivity contribution in [3.8, 4) is 12.1 Å². The Morgan fingerprint density at radius 3 is 2.31 bits per heavy atom. The molecule has 0 N–H and O–H groups in total. The molecule has 16 heavy (non-hydrogen) atoms. The van der Waals surface area contributed by atoms with Gasteiger partial charge in [0.2, 0.25) is 0 Å². The van der Waals surface area contributed by atoms with E-state index in [0.717, 1.165) is 10.2 Å². The zero-order chi connectivity index (χ0) is 12.0. The Bertz CT molecular complexity index is 453. The van der Waals surface area contributed by atoms with Gasteiger partial charge in [0.05, 0.1) is 17.8 Å². The van der Waals surface area contributed by atoms with Crippen LogP contribution in [0.25, 0.3) is 0 Å². The second kappa shape index (κ2) is 6.32. The van der Waals surface area contributed by atoms with E-state index in [1.54, 1.807) is 6.26 Å². The normalized spacial score (nSPS) is 10.9. The van der Waals surface area contributed by atoms with Gasteiger partial charge in [0, 0.05) is 4.47 Å². The van der Waals surface area contributed by atoms with E-state index < -0.39 is 5.92 Å². The number of hydrogen-bond donors (Lipinski definition) is 0. The smallest absolute Gasteiger partial charge is 0.181 e. The first-order valence-corrected chi connectivity index (χ1v) is 6.40. The Morgan fingerprint density at radius 2 is 1.88 bits per heavy atom. The van der Waals surface area contributed by atoms with E-state index in [9.17, 15) is 0 Å². The summed E-state index contributed by atoms with van der Waals surface area (Å²) in [6, 6.07) is 11.2. The molecule has 0 atom stereocenters. The van der Waals surface area contributed by atoms with Gasteiger partial charge in [0.25, 0.3) is 0 Å². The van der Waals surface area contributed by atoms with Crippen LogP contribution in [0.1, 0.15) is 0 Å². The monoisotopic (exact) mass is 293 g/mol. The molecule has 1 aromatic carbocycles. The summed E-state index contributed by atoms with van der Waals surface area (Å²) in [4.78, 5) is 4.27. The minimum absolute atomic E-state index is 0.521. The summed E-state index contributed by atoms with van der Waals surface area (Å²) in [5.41, 5.74) is 0.739. The Kier molecular flexibility index (Phi) is 5.04. The molecule has 0 fully saturated rings. The number of nitriles is 2. The van der Waals surface area contributed by atoms with Gasteiger partial charge >= 0.3 is 0 Å². The van der Waals surface area contributed by atoms with Gasteiger partial charge in [0.15, 0.2) is 5.92 Å². The fraction of sp³-hybridized carbons (Fsp3) is 0.182. The predicted molar refractivity (Wildman–Crippen MR) is 69.5 cm³/mol. The molecular weight excluding hydrogens is 286 g/mol. The van der Waals surface area contributed by atoms with Crippen molar-refractivity contribution in [1.82, 2.24) is 0 Å². The lowest BCUT2D eigenvalue weighted by Gasteiger charge is -2.02. The third-order valence-corrected chi connectivity index (χ3v) is 3.05. The molecule has 0 aliphatic rings. The molecule has 0 bridgehead atoms. The van der Waals surface area contributed by atoms with E-state index in [-0.39, 0.29) is 0 Å². The molecule has 1 rings (SSSR count). The van der Waals surface area contributed by atoms with Gasteiger partial charge in [-0.1, -0.05) is 15.9 Å². The van der Waals surface area contributed by atoms with Crippen LogP contribution in [0.3, 0.4) is 0 Å². The average molecular weight is 294 g/mol. The van der Waals surface area contributed by atoms with E-state index in [1.807, 2.05) is 36.4 Å². The molecule has 0 radical (unpaired) electrons. The highest BCUT2D eigenvalue weighted by atomic mass is 79.9. The third-order valence-electron chi connectivity index (χ3n) is 1.78. The number of thioether (sulfide) groups is 1. The van der Waals surface area contributed by atoms with Gasteiger partial charge in [-0.3, -0.25) is 0 Å². The van der Waals surface area contributed by atoms with Crippen molar-refractivity contribution in [2.45, 2.75) is 0 Å². The zero-order valence-corrected chi connectivity index (χ0v) is 10.9. The lowest BCUT2D eigenvalue weighted by molar-refractivity contribution is 1.17. The second-order valence-corrected chi connectivity index (χ2v) is 4.56. The molecule has 0 unspecified atom stereocenters. The quantitative estimate of drug-likeness (QED) is 0.619. The molecule has 0 aliphatic carbocycles. The Balaban J connectivity index is 3.02. The number of hydrogen-bond acceptors (Lipinski definition) is 4. The van der Waals surface area contributed by atoms with Gasteiger partial charge in [-0.2, -0.15) is 10.5 Å². The summed E-state index contributed by atoms with van der Waals surface area (Å²) < 4.78 is 0.967. The first kappa shape index (κ1) is 12.8. The van der Waals surface area contributed by atoms with Crippen LogP contribution in [-0.2, 0) is 0 Å². The van der Waals surface area contributed by atoms with Crippen molar-refractivity contribution in [2.75, 3.05) is 6.26 Å². The summed E-state index contributed by atoms with van der Waals surface area (Å²) in [5.74, 6) is -0.793. The largest absolute Gasteiger partial charge is 0.244 e. The fourth-order valence-corrected chi connectivity index (χ4v) is 1.81. The predicted octanol–water partition coefficient (Wildman–Crippen LogP) is 3.51. The Morgan fingerprint density at radius 1 is 1.31 bits per heavy atom. The number of rotatable bonds is 2. The molecule has 80 valence electrons. The minimum atomic E-state index is -0.793. The van der Waals surface area contributed by atoms with Crippen molar-refractivity contribution < 1.29 is 0 Å². The van der Waals surface area contributed by atoms with Crippen LogP contribution in [0.4, 0.5) is 5.69 Å². The highest BCUT2D eigenvalue weighted by Gasteiger charge is 2.13. The van der Waals surface area contributed by atoms with Crippen molar-refractivity contribution in [3.05, 3.63) is 28.7 Å². The standard InChI is InChI=1S/C11H8BrN3S/c1-16-11(8(6-13)7-14)15-10-4-2-9(12)3-5-10/h2-5,8H,1H3. The summed E-state index contributed by atoms with van der Waals surface area (Å²) in [5, 5.41) is 18.1. The first-order chi connectivity index (χ1) is 7.71. The maximum absolute atomic E-state index is 8.78. The summed E-state index contributed by atoms with van der Waals surface area (Å²) >= 11 is 4.65. The lowest BCUT2D eigenvalue weighted by atomic mass is 10.2. The maximum Gasteiger partial charge on any atom is 0.181 e. The van der Waals surface area contributed by atoms with Crippen LogP contribution in [0.2, 0.25) is 0 Å². The number of aliphatic imine (C=N–C) groups is 1. The van der Waals surface area contributed by atoms with Crippen molar-refractivity contribution in [3.63, 3.8) is 0 Å². The Hall–Kier alpha value is -1.30. The molecule has 3 nitrogen and oxygen atoms in total. The number of halogens is 1. The first-order valence-electron chi connectivity index (χ1n) is 4.38. The van der Waals surface area contributed by atoms with Crippen molar-refractivity contribution in [1.29, 1.82) is 10.5 Å².